The molecule has 3 heteroatoms. The van der Waals surface area contributed by atoms with Crippen molar-refractivity contribution in [3.05, 3.63) is 0 Å². The first-order valence-electron chi connectivity index (χ1n) is 7.69. The Morgan fingerprint density at radius 2 is 1.67 bits per heavy atom. The standard InChI is InChI=1S/C15H33N3/c1-5-11-18(13-12-17(3)4)14-15(6-2)7-9-16-10-8-15/h16H,5-14H2,1-4H3. The summed E-state index contributed by atoms with van der Waals surface area (Å²) >= 11 is 0. The van der Waals surface area contributed by atoms with Crippen molar-refractivity contribution >= 4 is 0 Å². The normalized spacial score (nSPS) is 19.7. The van der Waals surface area contributed by atoms with E-state index in [4.69, 9.17) is 0 Å². The Balaban J connectivity index is 2.50. The fourth-order valence-electron chi connectivity index (χ4n) is 2.98. The van der Waals surface area contributed by atoms with Crippen LogP contribution in [-0.4, -0.2) is 63.2 Å². The summed E-state index contributed by atoms with van der Waals surface area (Å²) in [6.45, 7) is 12.0. The molecule has 0 spiro atoms. The van der Waals surface area contributed by atoms with Crippen LogP contribution in [0.2, 0.25) is 0 Å². The molecule has 1 rings (SSSR count). The molecule has 1 aliphatic heterocycles. The van der Waals surface area contributed by atoms with Crippen molar-refractivity contribution in [2.75, 3.05) is 53.4 Å². The van der Waals surface area contributed by atoms with Gasteiger partial charge in [0.15, 0.2) is 0 Å². The molecule has 0 unspecified atom stereocenters. The lowest BCUT2D eigenvalue weighted by atomic mass is 9.76. The molecule has 108 valence electrons. The number of hydrogen-bond acceptors (Lipinski definition) is 3. The topological polar surface area (TPSA) is 18.5 Å². The Morgan fingerprint density at radius 1 is 1.00 bits per heavy atom. The van der Waals surface area contributed by atoms with Crippen molar-refractivity contribution in [1.29, 1.82) is 0 Å². The average molecular weight is 255 g/mol. The molecule has 0 aliphatic carbocycles. The second-order valence-corrected chi connectivity index (χ2v) is 6.18. The van der Waals surface area contributed by atoms with Crippen LogP contribution in [0.4, 0.5) is 0 Å². The van der Waals surface area contributed by atoms with Crippen LogP contribution in [-0.2, 0) is 0 Å². The predicted octanol–water partition coefficient (Wildman–Crippen LogP) is 2.04. The third kappa shape index (κ3) is 5.25. The largest absolute Gasteiger partial charge is 0.317 e. The molecule has 3 nitrogen and oxygen atoms in total. The maximum absolute atomic E-state index is 3.50. The second kappa shape index (κ2) is 8.13. The minimum absolute atomic E-state index is 0.576. The molecule has 1 saturated heterocycles. The third-order valence-electron chi connectivity index (χ3n) is 4.38. The number of likely N-dealkylation sites (N-methyl/N-ethyl adjacent to an activating group) is 1. The van der Waals surface area contributed by atoms with Gasteiger partial charge in [0, 0.05) is 19.6 Å². The highest BCUT2D eigenvalue weighted by atomic mass is 15.2. The zero-order valence-electron chi connectivity index (χ0n) is 13.0. The summed E-state index contributed by atoms with van der Waals surface area (Å²) in [6, 6.07) is 0. The van der Waals surface area contributed by atoms with Gasteiger partial charge in [0.2, 0.25) is 0 Å². The number of piperidine rings is 1. The monoisotopic (exact) mass is 255 g/mol. The highest BCUT2D eigenvalue weighted by Gasteiger charge is 2.31. The Kier molecular flexibility index (Phi) is 7.20. The average Bonchev–Trinajstić information content (AvgIpc) is 2.37. The summed E-state index contributed by atoms with van der Waals surface area (Å²) in [5.41, 5.74) is 0.576. The van der Waals surface area contributed by atoms with Crippen molar-refractivity contribution in [1.82, 2.24) is 15.1 Å². The molecule has 0 aromatic rings. The zero-order chi connectivity index (χ0) is 13.4. The minimum Gasteiger partial charge on any atom is -0.317 e. The molecule has 0 bridgehead atoms. The Morgan fingerprint density at radius 3 is 2.17 bits per heavy atom. The quantitative estimate of drug-likeness (QED) is 0.716. The number of nitrogens with zero attached hydrogens (tertiary/aromatic N) is 2. The maximum Gasteiger partial charge on any atom is 0.0109 e. The lowest BCUT2D eigenvalue weighted by molar-refractivity contribution is 0.101. The molecule has 0 aromatic carbocycles. The van der Waals surface area contributed by atoms with E-state index in [1.165, 1.54) is 65.0 Å². The van der Waals surface area contributed by atoms with Gasteiger partial charge >= 0.3 is 0 Å². The van der Waals surface area contributed by atoms with E-state index < -0.39 is 0 Å². The molecule has 0 atom stereocenters. The summed E-state index contributed by atoms with van der Waals surface area (Å²) in [5, 5.41) is 3.50. The van der Waals surface area contributed by atoms with E-state index in [2.05, 4.69) is 43.1 Å². The number of rotatable bonds is 8. The number of nitrogens with one attached hydrogen (secondary N) is 1. The van der Waals surface area contributed by atoms with Gasteiger partial charge in [-0.1, -0.05) is 13.8 Å². The van der Waals surface area contributed by atoms with Gasteiger partial charge in [0.05, 0.1) is 0 Å². The maximum atomic E-state index is 3.50. The fraction of sp³-hybridized carbons (Fsp3) is 1.00. The smallest absolute Gasteiger partial charge is 0.0109 e. The summed E-state index contributed by atoms with van der Waals surface area (Å²) in [7, 11) is 4.34. The van der Waals surface area contributed by atoms with E-state index in [0.717, 1.165) is 0 Å². The van der Waals surface area contributed by atoms with Crippen molar-refractivity contribution < 1.29 is 0 Å². The van der Waals surface area contributed by atoms with Crippen LogP contribution in [0.15, 0.2) is 0 Å². The van der Waals surface area contributed by atoms with E-state index >= 15 is 0 Å². The molecule has 1 N–H and O–H groups in total. The molecule has 0 amide bonds. The fourth-order valence-corrected chi connectivity index (χ4v) is 2.98. The van der Waals surface area contributed by atoms with Crippen LogP contribution < -0.4 is 5.32 Å². The lowest BCUT2D eigenvalue weighted by Gasteiger charge is -2.41. The van der Waals surface area contributed by atoms with Gasteiger partial charge in [-0.25, -0.2) is 0 Å². The highest BCUT2D eigenvalue weighted by Crippen LogP contribution is 2.33. The van der Waals surface area contributed by atoms with Crippen molar-refractivity contribution in [2.24, 2.45) is 5.41 Å². The van der Waals surface area contributed by atoms with Gasteiger partial charge < -0.3 is 15.1 Å². The molecule has 18 heavy (non-hydrogen) atoms. The Bertz CT molecular complexity index is 210. The molecule has 0 aromatic heterocycles. The first-order valence-corrected chi connectivity index (χ1v) is 7.69. The van der Waals surface area contributed by atoms with Crippen molar-refractivity contribution in [2.45, 2.75) is 39.5 Å². The molecule has 1 fully saturated rings. The van der Waals surface area contributed by atoms with Crippen LogP contribution >= 0.6 is 0 Å². The SMILES string of the molecule is CCCN(CCN(C)C)CC1(CC)CCNCC1. The molecule has 0 saturated carbocycles. The zero-order valence-corrected chi connectivity index (χ0v) is 13.0. The van der Waals surface area contributed by atoms with Crippen molar-refractivity contribution in [3.8, 4) is 0 Å². The highest BCUT2D eigenvalue weighted by molar-refractivity contribution is 4.86. The van der Waals surface area contributed by atoms with Gasteiger partial charge in [0.25, 0.3) is 0 Å². The Hall–Kier alpha value is -0.120. The molecule has 0 radical (unpaired) electrons. The van der Waals surface area contributed by atoms with E-state index in [0.29, 0.717) is 5.41 Å². The third-order valence-corrected chi connectivity index (χ3v) is 4.38. The van der Waals surface area contributed by atoms with Gasteiger partial charge in [-0.3, -0.25) is 0 Å². The van der Waals surface area contributed by atoms with Crippen LogP contribution in [0.5, 0.6) is 0 Å². The summed E-state index contributed by atoms with van der Waals surface area (Å²) in [4.78, 5) is 4.98. The summed E-state index contributed by atoms with van der Waals surface area (Å²) in [6.07, 6.45) is 5.31. The minimum atomic E-state index is 0.576. The van der Waals surface area contributed by atoms with E-state index in [1.807, 2.05) is 0 Å². The lowest BCUT2D eigenvalue weighted by Crippen LogP contribution is -2.46. The molecule has 1 aliphatic rings. The van der Waals surface area contributed by atoms with E-state index in [1.54, 1.807) is 0 Å². The van der Waals surface area contributed by atoms with Crippen LogP contribution in [0.1, 0.15) is 39.5 Å². The number of hydrogen-bond donors (Lipinski definition) is 1. The predicted molar refractivity (Wildman–Crippen MR) is 80.1 cm³/mol. The van der Waals surface area contributed by atoms with Gasteiger partial charge in [-0.05, 0) is 64.8 Å². The van der Waals surface area contributed by atoms with E-state index in [-0.39, 0.29) is 0 Å². The molecular weight excluding hydrogens is 222 g/mol. The van der Waals surface area contributed by atoms with Gasteiger partial charge in [-0.2, -0.15) is 0 Å². The van der Waals surface area contributed by atoms with E-state index in [9.17, 15) is 0 Å². The van der Waals surface area contributed by atoms with Gasteiger partial charge in [0.1, 0.15) is 0 Å². The summed E-state index contributed by atoms with van der Waals surface area (Å²) in [5.74, 6) is 0. The molecular formula is C15H33N3. The second-order valence-electron chi connectivity index (χ2n) is 6.18. The van der Waals surface area contributed by atoms with Crippen LogP contribution in [0, 0.1) is 5.41 Å². The van der Waals surface area contributed by atoms with Crippen LogP contribution in [0.25, 0.3) is 0 Å². The van der Waals surface area contributed by atoms with Crippen LogP contribution in [0.3, 0.4) is 0 Å². The first-order chi connectivity index (χ1) is 8.62. The Labute approximate surface area is 114 Å². The first kappa shape index (κ1) is 15.9. The molecule has 1 heterocycles. The van der Waals surface area contributed by atoms with Crippen molar-refractivity contribution in [3.63, 3.8) is 0 Å². The summed E-state index contributed by atoms with van der Waals surface area (Å²) < 4.78 is 0. The van der Waals surface area contributed by atoms with Gasteiger partial charge in [-0.15, -0.1) is 0 Å².